The number of thioether (sulfide) groups is 1. The normalized spacial score (nSPS) is 13.9. The number of amides is 1. The van der Waals surface area contributed by atoms with Crippen LogP contribution in [0.3, 0.4) is 0 Å². The highest BCUT2D eigenvalue weighted by Gasteiger charge is 2.21. The van der Waals surface area contributed by atoms with Gasteiger partial charge in [-0.3, -0.25) is 4.79 Å². The van der Waals surface area contributed by atoms with Gasteiger partial charge in [0.2, 0.25) is 0 Å². The molecule has 2 aromatic carbocycles. The summed E-state index contributed by atoms with van der Waals surface area (Å²) < 4.78 is 0. The minimum Gasteiger partial charge on any atom is -0.272 e. The second kappa shape index (κ2) is 8.06. The Bertz CT molecular complexity index is 765. The first-order valence-corrected chi connectivity index (χ1v) is 9.49. The Morgan fingerprint density at radius 1 is 1.12 bits per heavy atom. The van der Waals surface area contributed by atoms with E-state index >= 15 is 0 Å². The molecule has 24 heavy (non-hydrogen) atoms. The van der Waals surface area contributed by atoms with Crippen molar-refractivity contribution < 1.29 is 4.79 Å². The van der Waals surface area contributed by atoms with Gasteiger partial charge in [0.15, 0.2) is 0 Å². The summed E-state index contributed by atoms with van der Waals surface area (Å²) in [6, 6.07) is 15.5. The zero-order chi connectivity index (χ0) is 16.9. The highest BCUT2D eigenvalue weighted by molar-refractivity contribution is 7.99. The van der Waals surface area contributed by atoms with Crippen molar-refractivity contribution >= 4 is 46.6 Å². The lowest BCUT2D eigenvalue weighted by atomic mass is 10.1. The van der Waals surface area contributed by atoms with E-state index in [0.29, 0.717) is 28.1 Å². The molecular formula is C18H16Cl2N2OS. The van der Waals surface area contributed by atoms with Crippen LogP contribution >= 0.6 is 35.0 Å². The predicted molar refractivity (Wildman–Crippen MR) is 102 cm³/mol. The third kappa shape index (κ3) is 4.32. The Hall–Kier alpha value is -1.49. The summed E-state index contributed by atoms with van der Waals surface area (Å²) in [6.07, 6.45) is 0.799. The molecule has 0 fully saturated rings. The van der Waals surface area contributed by atoms with Crippen LogP contribution in [0.15, 0.2) is 53.6 Å². The van der Waals surface area contributed by atoms with Crippen molar-refractivity contribution in [2.24, 2.45) is 5.10 Å². The number of carbonyl (C=O) groups is 1. The first kappa shape index (κ1) is 17.3. The van der Waals surface area contributed by atoms with Crippen LogP contribution in [0, 0.1) is 0 Å². The smallest absolute Gasteiger partial charge is 0.252 e. The fraction of sp³-hybridized carbons (Fsp3) is 0.222. The Morgan fingerprint density at radius 2 is 1.92 bits per heavy atom. The summed E-state index contributed by atoms with van der Waals surface area (Å²) in [7, 11) is 0. The van der Waals surface area contributed by atoms with Gasteiger partial charge >= 0.3 is 0 Å². The van der Waals surface area contributed by atoms with E-state index in [1.54, 1.807) is 22.8 Å². The van der Waals surface area contributed by atoms with Gasteiger partial charge < -0.3 is 0 Å². The lowest BCUT2D eigenvalue weighted by molar-refractivity contribution is -0.127. The first-order chi connectivity index (χ1) is 11.6. The molecule has 0 aliphatic carbocycles. The van der Waals surface area contributed by atoms with Crippen molar-refractivity contribution in [1.82, 2.24) is 5.01 Å². The summed E-state index contributed by atoms with van der Waals surface area (Å²) >= 11 is 13.5. The topological polar surface area (TPSA) is 32.7 Å². The maximum atomic E-state index is 12.3. The minimum atomic E-state index is 0.0333. The van der Waals surface area contributed by atoms with E-state index in [9.17, 15) is 4.79 Å². The molecule has 0 bridgehead atoms. The van der Waals surface area contributed by atoms with Crippen LogP contribution < -0.4 is 0 Å². The molecule has 0 N–H and O–H groups in total. The molecular weight excluding hydrogens is 363 g/mol. The molecule has 124 valence electrons. The summed E-state index contributed by atoms with van der Waals surface area (Å²) in [5.41, 5.74) is 3.10. The number of hydrazone groups is 1. The molecule has 3 nitrogen and oxygen atoms in total. The van der Waals surface area contributed by atoms with Crippen molar-refractivity contribution in [3.05, 3.63) is 69.7 Å². The molecule has 0 unspecified atom stereocenters. The zero-order valence-corrected chi connectivity index (χ0v) is 15.2. The average Bonchev–Trinajstić information content (AvgIpc) is 3.09. The van der Waals surface area contributed by atoms with Crippen LogP contribution in [0.25, 0.3) is 0 Å². The fourth-order valence-corrected chi connectivity index (χ4v) is 3.59. The molecule has 0 spiro atoms. The number of hydrogen-bond acceptors (Lipinski definition) is 3. The number of nitrogens with zero attached hydrogens (tertiary/aromatic N) is 2. The lowest BCUT2D eigenvalue weighted by Gasteiger charge is -2.11. The highest BCUT2D eigenvalue weighted by Crippen LogP contribution is 2.25. The summed E-state index contributed by atoms with van der Waals surface area (Å²) in [6.45, 7) is 0.649. The van der Waals surface area contributed by atoms with E-state index in [-0.39, 0.29) is 5.91 Å². The van der Waals surface area contributed by atoms with Gasteiger partial charge in [-0.05, 0) is 23.3 Å². The molecule has 0 saturated heterocycles. The van der Waals surface area contributed by atoms with Gasteiger partial charge in [-0.25, -0.2) is 5.01 Å². The molecule has 0 radical (unpaired) electrons. The van der Waals surface area contributed by atoms with E-state index < -0.39 is 0 Å². The van der Waals surface area contributed by atoms with Gasteiger partial charge in [-0.2, -0.15) is 5.10 Å². The van der Waals surface area contributed by atoms with Crippen molar-refractivity contribution in [2.75, 3.05) is 12.3 Å². The molecule has 1 aliphatic heterocycles. The van der Waals surface area contributed by atoms with Crippen LogP contribution in [0.1, 0.15) is 17.5 Å². The third-order valence-corrected chi connectivity index (χ3v) is 5.40. The Balaban J connectivity index is 1.52. The van der Waals surface area contributed by atoms with E-state index in [4.69, 9.17) is 23.2 Å². The van der Waals surface area contributed by atoms with Crippen LogP contribution in [-0.4, -0.2) is 28.9 Å². The molecule has 1 heterocycles. The fourth-order valence-electron chi connectivity index (χ4n) is 2.43. The number of carbonyl (C=O) groups excluding carboxylic acids is 1. The van der Waals surface area contributed by atoms with E-state index in [1.807, 2.05) is 42.5 Å². The van der Waals surface area contributed by atoms with Crippen molar-refractivity contribution in [2.45, 2.75) is 12.2 Å². The number of hydrogen-bond donors (Lipinski definition) is 0. The summed E-state index contributed by atoms with van der Waals surface area (Å²) in [5, 5.41) is 7.11. The number of halogens is 2. The SMILES string of the molecule is O=C(CSCc1ccc(Cl)c(Cl)c1)N1CCC(c2ccccc2)=N1. The van der Waals surface area contributed by atoms with E-state index in [1.165, 1.54) is 0 Å². The number of benzene rings is 2. The van der Waals surface area contributed by atoms with Gasteiger partial charge in [-0.15, -0.1) is 11.8 Å². The largest absolute Gasteiger partial charge is 0.272 e. The van der Waals surface area contributed by atoms with Crippen LogP contribution in [0.2, 0.25) is 10.0 Å². The molecule has 2 aromatic rings. The second-order valence-corrected chi connectivity index (χ2v) is 7.22. The Morgan fingerprint density at radius 3 is 2.67 bits per heavy atom. The quantitative estimate of drug-likeness (QED) is 0.743. The van der Waals surface area contributed by atoms with Crippen molar-refractivity contribution in [1.29, 1.82) is 0 Å². The van der Waals surface area contributed by atoms with Gasteiger partial charge in [-0.1, -0.05) is 59.6 Å². The van der Waals surface area contributed by atoms with Gasteiger partial charge in [0.05, 0.1) is 28.1 Å². The Kier molecular flexibility index (Phi) is 5.82. The lowest BCUT2D eigenvalue weighted by Crippen LogP contribution is -2.25. The van der Waals surface area contributed by atoms with Crippen molar-refractivity contribution in [3.8, 4) is 0 Å². The van der Waals surface area contributed by atoms with Gasteiger partial charge in [0.25, 0.3) is 5.91 Å². The van der Waals surface area contributed by atoms with Gasteiger partial charge in [0, 0.05) is 12.2 Å². The van der Waals surface area contributed by atoms with Gasteiger partial charge in [0.1, 0.15) is 0 Å². The summed E-state index contributed by atoms with van der Waals surface area (Å²) in [4.78, 5) is 12.3. The highest BCUT2D eigenvalue weighted by atomic mass is 35.5. The standard InChI is InChI=1S/C18H16Cl2N2OS/c19-15-7-6-13(10-16(15)20)11-24-12-18(23)22-9-8-17(21-22)14-4-2-1-3-5-14/h1-7,10H,8-9,11-12H2. The third-order valence-electron chi connectivity index (χ3n) is 3.68. The molecule has 0 saturated carbocycles. The Labute approximate surface area is 155 Å². The number of rotatable bonds is 5. The predicted octanol–water partition coefficient (Wildman–Crippen LogP) is 4.86. The van der Waals surface area contributed by atoms with E-state index in [0.717, 1.165) is 23.3 Å². The maximum Gasteiger partial charge on any atom is 0.252 e. The van der Waals surface area contributed by atoms with Crippen molar-refractivity contribution in [3.63, 3.8) is 0 Å². The summed E-state index contributed by atoms with van der Waals surface area (Å²) in [5.74, 6) is 1.14. The second-order valence-electron chi connectivity index (χ2n) is 5.42. The molecule has 0 aromatic heterocycles. The van der Waals surface area contributed by atoms with E-state index in [2.05, 4.69) is 5.10 Å². The first-order valence-electron chi connectivity index (χ1n) is 7.58. The maximum absolute atomic E-state index is 12.3. The minimum absolute atomic E-state index is 0.0333. The van der Waals surface area contributed by atoms with Crippen LogP contribution in [0.5, 0.6) is 0 Å². The van der Waals surface area contributed by atoms with Crippen LogP contribution in [-0.2, 0) is 10.5 Å². The monoisotopic (exact) mass is 378 g/mol. The van der Waals surface area contributed by atoms with Crippen LogP contribution in [0.4, 0.5) is 0 Å². The molecule has 0 atom stereocenters. The average molecular weight is 379 g/mol. The molecule has 1 aliphatic rings. The molecule has 6 heteroatoms. The molecule has 3 rings (SSSR count). The zero-order valence-electron chi connectivity index (χ0n) is 12.9. The molecule has 1 amide bonds.